The normalized spacial score (nSPS) is 19.7. The zero-order valence-corrected chi connectivity index (χ0v) is 19.7. The molecule has 7 heteroatoms. The molecule has 1 aromatic carbocycles. The lowest BCUT2D eigenvalue weighted by molar-refractivity contribution is 0.0331. The molecular formula is C25H31N5OS. The Labute approximate surface area is 193 Å². The van der Waals surface area contributed by atoms with E-state index in [9.17, 15) is 0 Å². The van der Waals surface area contributed by atoms with E-state index in [1.54, 1.807) is 0 Å². The highest BCUT2D eigenvalue weighted by Gasteiger charge is 2.27. The second kappa shape index (κ2) is 8.61. The van der Waals surface area contributed by atoms with Crippen molar-refractivity contribution in [3.63, 3.8) is 0 Å². The number of ether oxygens (including phenoxy) is 1. The number of aromatic nitrogens is 2. The van der Waals surface area contributed by atoms with Crippen LogP contribution in [-0.4, -0.2) is 67.4 Å². The van der Waals surface area contributed by atoms with Crippen molar-refractivity contribution in [1.29, 1.82) is 0 Å². The molecule has 0 atom stereocenters. The van der Waals surface area contributed by atoms with E-state index in [0.717, 1.165) is 64.9 Å². The molecule has 2 fully saturated rings. The standard InChI is InChI=1S/C25H31N5OS/c1-18-4-2-5-19(16-18)29-8-10-30(11-9-29)24-23-20-6-3-7-21(20)32-25(23)27-22(26-24)17-28-12-14-31-15-13-28/h2,4-5,16H,3,6-15,17H2,1H3. The number of hydrogen-bond donors (Lipinski definition) is 0. The van der Waals surface area contributed by atoms with Gasteiger partial charge in [-0.25, -0.2) is 9.97 Å². The maximum Gasteiger partial charge on any atom is 0.146 e. The van der Waals surface area contributed by atoms with Crippen LogP contribution in [0.15, 0.2) is 24.3 Å². The predicted molar refractivity (Wildman–Crippen MR) is 131 cm³/mol. The highest BCUT2D eigenvalue weighted by molar-refractivity contribution is 7.19. The molecule has 0 unspecified atom stereocenters. The third-order valence-electron chi connectivity index (χ3n) is 7.01. The minimum Gasteiger partial charge on any atom is -0.379 e. The van der Waals surface area contributed by atoms with Crippen molar-refractivity contribution in [3.8, 4) is 0 Å². The highest BCUT2D eigenvalue weighted by atomic mass is 32.1. The topological polar surface area (TPSA) is 44.7 Å². The van der Waals surface area contributed by atoms with E-state index >= 15 is 0 Å². The van der Waals surface area contributed by atoms with Crippen molar-refractivity contribution in [1.82, 2.24) is 14.9 Å². The van der Waals surface area contributed by atoms with Crippen molar-refractivity contribution >= 4 is 33.1 Å². The fourth-order valence-corrected chi connectivity index (χ4v) is 6.55. The molecule has 32 heavy (non-hydrogen) atoms. The lowest BCUT2D eigenvalue weighted by Gasteiger charge is -2.37. The summed E-state index contributed by atoms with van der Waals surface area (Å²) in [6, 6.07) is 8.87. The van der Waals surface area contributed by atoms with Crippen LogP contribution in [0.3, 0.4) is 0 Å². The summed E-state index contributed by atoms with van der Waals surface area (Å²) in [7, 11) is 0. The Kier molecular flexibility index (Phi) is 5.49. The van der Waals surface area contributed by atoms with Gasteiger partial charge in [0.15, 0.2) is 0 Å². The van der Waals surface area contributed by atoms with Gasteiger partial charge in [-0.3, -0.25) is 4.90 Å². The molecule has 4 heterocycles. The summed E-state index contributed by atoms with van der Waals surface area (Å²) >= 11 is 1.91. The van der Waals surface area contributed by atoms with Gasteiger partial charge in [-0.05, 0) is 49.4 Å². The van der Waals surface area contributed by atoms with Gasteiger partial charge < -0.3 is 14.5 Å². The zero-order valence-electron chi connectivity index (χ0n) is 18.8. The number of piperazine rings is 1. The lowest BCUT2D eigenvalue weighted by atomic mass is 10.1. The van der Waals surface area contributed by atoms with Crippen LogP contribution in [0.25, 0.3) is 10.2 Å². The molecule has 0 radical (unpaired) electrons. The lowest BCUT2D eigenvalue weighted by Crippen LogP contribution is -2.47. The largest absolute Gasteiger partial charge is 0.379 e. The molecule has 1 aliphatic carbocycles. The number of thiophene rings is 1. The van der Waals surface area contributed by atoms with Gasteiger partial charge in [-0.1, -0.05) is 12.1 Å². The van der Waals surface area contributed by atoms with E-state index in [-0.39, 0.29) is 0 Å². The van der Waals surface area contributed by atoms with Gasteiger partial charge in [0.1, 0.15) is 16.5 Å². The summed E-state index contributed by atoms with van der Waals surface area (Å²) in [5, 5.41) is 1.34. The van der Waals surface area contributed by atoms with Gasteiger partial charge in [0.2, 0.25) is 0 Å². The van der Waals surface area contributed by atoms with Gasteiger partial charge in [0.05, 0.1) is 25.1 Å². The average molecular weight is 450 g/mol. The number of morpholine rings is 1. The smallest absolute Gasteiger partial charge is 0.146 e. The summed E-state index contributed by atoms with van der Waals surface area (Å²) in [5.74, 6) is 2.15. The molecule has 168 valence electrons. The van der Waals surface area contributed by atoms with E-state index in [1.807, 2.05) is 11.3 Å². The molecule has 0 saturated carbocycles. The van der Waals surface area contributed by atoms with E-state index in [0.29, 0.717) is 0 Å². The fourth-order valence-electron chi connectivity index (χ4n) is 5.28. The molecule has 0 amide bonds. The second-order valence-corrected chi connectivity index (χ2v) is 10.3. The number of rotatable bonds is 4. The van der Waals surface area contributed by atoms with Gasteiger partial charge in [0.25, 0.3) is 0 Å². The van der Waals surface area contributed by atoms with Crippen LogP contribution < -0.4 is 9.80 Å². The first-order chi connectivity index (χ1) is 15.7. The molecule has 6 nitrogen and oxygen atoms in total. The molecule has 0 N–H and O–H groups in total. The second-order valence-electron chi connectivity index (χ2n) is 9.20. The summed E-state index contributed by atoms with van der Waals surface area (Å²) in [4.78, 5) is 20.4. The third kappa shape index (κ3) is 3.87. The minimum atomic E-state index is 0.809. The first kappa shape index (κ1) is 20.4. The SMILES string of the molecule is Cc1cccc(N2CCN(c3nc(CN4CCOCC4)nc4sc5c(c34)CCC5)CC2)c1. The third-order valence-corrected chi connectivity index (χ3v) is 8.19. The summed E-state index contributed by atoms with van der Waals surface area (Å²) in [5.41, 5.74) is 4.19. The van der Waals surface area contributed by atoms with E-state index < -0.39 is 0 Å². The quantitative estimate of drug-likeness (QED) is 0.606. The van der Waals surface area contributed by atoms with Gasteiger partial charge in [0, 0.05) is 49.8 Å². The Morgan fingerprint density at radius 1 is 0.969 bits per heavy atom. The van der Waals surface area contributed by atoms with Crippen LogP contribution in [0.5, 0.6) is 0 Å². The number of anilines is 2. The van der Waals surface area contributed by atoms with Crippen molar-refractivity contribution in [2.45, 2.75) is 32.7 Å². The fraction of sp³-hybridized carbons (Fsp3) is 0.520. The monoisotopic (exact) mass is 449 g/mol. The Morgan fingerprint density at radius 2 is 1.78 bits per heavy atom. The van der Waals surface area contributed by atoms with Gasteiger partial charge >= 0.3 is 0 Å². The summed E-state index contributed by atoms with van der Waals surface area (Å²) in [6.07, 6.45) is 3.65. The first-order valence-corrected chi connectivity index (χ1v) is 12.7. The van der Waals surface area contributed by atoms with Crippen LogP contribution >= 0.6 is 11.3 Å². The Balaban J connectivity index is 1.29. The van der Waals surface area contributed by atoms with Crippen molar-refractivity contribution < 1.29 is 4.74 Å². The summed E-state index contributed by atoms with van der Waals surface area (Å²) in [6.45, 7) is 10.6. The number of nitrogens with zero attached hydrogens (tertiary/aromatic N) is 5. The van der Waals surface area contributed by atoms with Crippen molar-refractivity contribution in [3.05, 3.63) is 46.1 Å². The van der Waals surface area contributed by atoms with Gasteiger partial charge in [-0.2, -0.15) is 0 Å². The molecule has 3 aliphatic rings. The van der Waals surface area contributed by atoms with Crippen LogP contribution in [0.4, 0.5) is 11.5 Å². The van der Waals surface area contributed by atoms with Crippen molar-refractivity contribution in [2.24, 2.45) is 0 Å². The van der Waals surface area contributed by atoms with E-state index in [2.05, 4.69) is 45.9 Å². The van der Waals surface area contributed by atoms with Crippen LogP contribution in [0, 0.1) is 6.92 Å². The predicted octanol–water partition coefficient (Wildman–Crippen LogP) is 3.65. The molecule has 0 bridgehead atoms. The minimum absolute atomic E-state index is 0.809. The average Bonchev–Trinajstić information content (AvgIpc) is 3.41. The summed E-state index contributed by atoms with van der Waals surface area (Å²) < 4.78 is 5.53. The highest BCUT2D eigenvalue weighted by Crippen LogP contribution is 2.41. The first-order valence-electron chi connectivity index (χ1n) is 11.9. The van der Waals surface area contributed by atoms with Crippen LogP contribution in [0.2, 0.25) is 0 Å². The van der Waals surface area contributed by atoms with E-state index in [1.165, 1.54) is 57.0 Å². The molecular weight excluding hydrogens is 418 g/mol. The molecule has 2 aromatic heterocycles. The Morgan fingerprint density at radius 3 is 2.59 bits per heavy atom. The molecule has 0 spiro atoms. The maximum atomic E-state index is 5.53. The number of benzene rings is 1. The van der Waals surface area contributed by atoms with Crippen LogP contribution in [-0.2, 0) is 24.1 Å². The van der Waals surface area contributed by atoms with Crippen molar-refractivity contribution in [2.75, 3.05) is 62.3 Å². The number of hydrogen-bond acceptors (Lipinski definition) is 7. The number of fused-ring (bicyclic) bond motifs is 3. The molecule has 3 aromatic rings. The Hall–Kier alpha value is -2.22. The number of aryl methyl sites for hydroxylation is 3. The van der Waals surface area contributed by atoms with Gasteiger partial charge in [-0.15, -0.1) is 11.3 Å². The van der Waals surface area contributed by atoms with E-state index in [4.69, 9.17) is 14.7 Å². The molecule has 2 saturated heterocycles. The van der Waals surface area contributed by atoms with Crippen LogP contribution in [0.1, 0.15) is 28.2 Å². The zero-order chi connectivity index (χ0) is 21.5. The molecule has 6 rings (SSSR count). The Bertz CT molecular complexity index is 1110. The molecule has 2 aliphatic heterocycles. The maximum absolute atomic E-state index is 5.53.